The van der Waals surface area contributed by atoms with E-state index in [4.69, 9.17) is 4.74 Å². The molecule has 0 saturated carbocycles. The van der Waals surface area contributed by atoms with Gasteiger partial charge in [-0.3, -0.25) is 0 Å². The molecule has 2 rings (SSSR count). The zero-order valence-corrected chi connectivity index (χ0v) is 11.6. The lowest BCUT2D eigenvalue weighted by Crippen LogP contribution is -2.09. The van der Waals surface area contributed by atoms with Crippen LogP contribution in [0.4, 0.5) is 0 Å². The lowest BCUT2D eigenvalue weighted by molar-refractivity contribution is 0.155. The van der Waals surface area contributed by atoms with Crippen molar-refractivity contribution in [1.29, 1.82) is 0 Å². The zero-order chi connectivity index (χ0) is 13.8. The van der Waals surface area contributed by atoms with Gasteiger partial charge in [0, 0.05) is 5.69 Å². The van der Waals surface area contributed by atoms with Crippen molar-refractivity contribution in [3.63, 3.8) is 0 Å². The van der Waals surface area contributed by atoms with Crippen molar-refractivity contribution in [2.45, 2.75) is 33.4 Å². The number of aromatic nitrogens is 2. The largest absolute Gasteiger partial charge is 0.494 e. The fourth-order valence-electron chi connectivity index (χ4n) is 1.97. The van der Waals surface area contributed by atoms with Gasteiger partial charge in [0.15, 0.2) is 0 Å². The van der Waals surface area contributed by atoms with Crippen molar-refractivity contribution < 1.29 is 9.84 Å². The topological polar surface area (TPSA) is 47.3 Å². The standard InChI is InChI=1S/C15H20N2O2/c1-4-19-14-7-5-13(6-8-14)15(18)9-17-10-16-11(2)12(17)3/h5-8,10,15,18H,4,9H2,1-3H3. The minimum atomic E-state index is -0.539. The molecule has 0 aliphatic carbocycles. The summed E-state index contributed by atoms with van der Waals surface area (Å²) in [6.07, 6.45) is 1.23. The summed E-state index contributed by atoms with van der Waals surface area (Å²) in [7, 11) is 0. The highest BCUT2D eigenvalue weighted by Crippen LogP contribution is 2.20. The Morgan fingerprint density at radius 2 is 1.95 bits per heavy atom. The summed E-state index contributed by atoms with van der Waals surface area (Å²) >= 11 is 0. The second-order valence-corrected chi connectivity index (χ2v) is 4.59. The number of aryl methyl sites for hydroxylation is 1. The van der Waals surface area contributed by atoms with E-state index in [1.54, 1.807) is 6.33 Å². The number of ether oxygens (including phenoxy) is 1. The molecule has 0 fully saturated rings. The van der Waals surface area contributed by atoms with Gasteiger partial charge < -0.3 is 14.4 Å². The van der Waals surface area contributed by atoms with Crippen LogP contribution in [0, 0.1) is 13.8 Å². The summed E-state index contributed by atoms with van der Waals surface area (Å²) < 4.78 is 7.35. The highest BCUT2D eigenvalue weighted by molar-refractivity contribution is 5.28. The van der Waals surface area contributed by atoms with Gasteiger partial charge in [-0.05, 0) is 38.5 Å². The molecule has 0 saturated heterocycles. The minimum absolute atomic E-state index is 0.515. The molecule has 0 aliphatic rings. The monoisotopic (exact) mass is 260 g/mol. The Balaban J connectivity index is 2.07. The van der Waals surface area contributed by atoms with Crippen LogP contribution >= 0.6 is 0 Å². The molecule has 102 valence electrons. The van der Waals surface area contributed by atoms with Gasteiger partial charge >= 0.3 is 0 Å². The normalized spacial score (nSPS) is 12.4. The van der Waals surface area contributed by atoms with Crippen LogP contribution in [0.25, 0.3) is 0 Å². The summed E-state index contributed by atoms with van der Waals surface area (Å²) in [6.45, 7) is 7.09. The predicted molar refractivity (Wildman–Crippen MR) is 74.3 cm³/mol. The highest BCUT2D eigenvalue weighted by atomic mass is 16.5. The molecule has 0 radical (unpaired) electrons. The van der Waals surface area contributed by atoms with Gasteiger partial charge in [-0.15, -0.1) is 0 Å². The summed E-state index contributed by atoms with van der Waals surface area (Å²) in [5, 5.41) is 10.2. The summed E-state index contributed by atoms with van der Waals surface area (Å²) in [4.78, 5) is 4.23. The molecular formula is C15H20N2O2. The van der Waals surface area contributed by atoms with Crippen LogP contribution in [0.3, 0.4) is 0 Å². The average Bonchev–Trinajstić information content (AvgIpc) is 2.72. The van der Waals surface area contributed by atoms with Crippen LogP contribution in [0.5, 0.6) is 5.75 Å². The Morgan fingerprint density at radius 3 is 2.47 bits per heavy atom. The van der Waals surface area contributed by atoms with E-state index < -0.39 is 6.10 Å². The first-order valence-electron chi connectivity index (χ1n) is 6.51. The Bertz CT molecular complexity index is 532. The molecule has 0 amide bonds. The van der Waals surface area contributed by atoms with Crippen LogP contribution < -0.4 is 4.74 Å². The molecular weight excluding hydrogens is 240 g/mol. The zero-order valence-electron chi connectivity index (χ0n) is 11.6. The number of hydrogen-bond donors (Lipinski definition) is 1. The Labute approximate surface area is 113 Å². The molecule has 4 nitrogen and oxygen atoms in total. The van der Waals surface area contributed by atoms with Crippen LogP contribution in [-0.4, -0.2) is 21.3 Å². The summed E-state index contributed by atoms with van der Waals surface area (Å²) in [6, 6.07) is 7.56. The molecule has 1 unspecified atom stereocenters. The number of aliphatic hydroxyl groups is 1. The fourth-order valence-corrected chi connectivity index (χ4v) is 1.97. The van der Waals surface area contributed by atoms with E-state index in [-0.39, 0.29) is 0 Å². The number of nitrogens with zero attached hydrogens (tertiary/aromatic N) is 2. The van der Waals surface area contributed by atoms with E-state index in [0.717, 1.165) is 22.7 Å². The maximum atomic E-state index is 10.2. The SMILES string of the molecule is CCOc1ccc(C(O)Cn2cnc(C)c2C)cc1. The van der Waals surface area contributed by atoms with E-state index in [0.29, 0.717) is 13.2 Å². The van der Waals surface area contributed by atoms with Crippen molar-refractivity contribution >= 4 is 0 Å². The van der Waals surface area contributed by atoms with E-state index in [1.165, 1.54) is 0 Å². The van der Waals surface area contributed by atoms with E-state index in [9.17, 15) is 5.11 Å². The lowest BCUT2D eigenvalue weighted by atomic mass is 10.1. The molecule has 0 aliphatic heterocycles. The maximum absolute atomic E-state index is 10.2. The molecule has 1 aromatic heterocycles. The van der Waals surface area contributed by atoms with Crippen molar-refractivity contribution in [2.75, 3.05) is 6.61 Å². The van der Waals surface area contributed by atoms with Gasteiger partial charge in [0.05, 0.1) is 31.3 Å². The van der Waals surface area contributed by atoms with Gasteiger partial charge in [0.2, 0.25) is 0 Å². The van der Waals surface area contributed by atoms with Crippen molar-refractivity contribution in [3.05, 3.63) is 47.5 Å². The van der Waals surface area contributed by atoms with Crippen molar-refractivity contribution in [2.24, 2.45) is 0 Å². The molecule has 1 heterocycles. The average molecular weight is 260 g/mol. The Kier molecular flexibility index (Phi) is 4.22. The third kappa shape index (κ3) is 3.15. The molecule has 0 bridgehead atoms. The second-order valence-electron chi connectivity index (χ2n) is 4.59. The fraction of sp³-hybridized carbons (Fsp3) is 0.400. The first-order valence-corrected chi connectivity index (χ1v) is 6.51. The number of imidazole rings is 1. The lowest BCUT2D eigenvalue weighted by Gasteiger charge is -2.14. The van der Waals surface area contributed by atoms with Gasteiger partial charge in [0.25, 0.3) is 0 Å². The van der Waals surface area contributed by atoms with E-state index >= 15 is 0 Å². The van der Waals surface area contributed by atoms with Gasteiger partial charge in [-0.25, -0.2) is 4.98 Å². The van der Waals surface area contributed by atoms with E-state index in [1.807, 2.05) is 49.6 Å². The van der Waals surface area contributed by atoms with Crippen LogP contribution in [0.2, 0.25) is 0 Å². The van der Waals surface area contributed by atoms with E-state index in [2.05, 4.69) is 4.98 Å². The predicted octanol–water partition coefficient (Wildman–Crippen LogP) is 2.63. The Hall–Kier alpha value is -1.81. The second kappa shape index (κ2) is 5.89. The van der Waals surface area contributed by atoms with Gasteiger partial charge in [0.1, 0.15) is 5.75 Å². The number of benzene rings is 1. The first kappa shape index (κ1) is 13.6. The molecule has 4 heteroatoms. The maximum Gasteiger partial charge on any atom is 0.119 e. The quantitative estimate of drug-likeness (QED) is 0.899. The molecule has 19 heavy (non-hydrogen) atoms. The van der Waals surface area contributed by atoms with Gasteiger partial charge in [-0.2, -0.15) is 0 Å². The van der Waals surface area contributed by atoms with Crippen molar-refractivity contribution in [1.82, 2.24) is 9.55 Å². The molecule has 1 aromatic carbocycles. The molecule has 0 spiro atoms. The van der Waals surface area contributed by atoms with Crippen LogP contribution in [0.1, 0.15) is 30.0 Å². The highest BCUT2D eigenvalue weighted by Gasteiger charge is 2.11. The summed E-state index contributed by atoms with van der Waals surface area (Å²) in [5.41, 5.74) is 2.97. The van der Waals surface area contributed by atoms with Crippen molar-refractivity contribution in [3.8, 4) is 5.75 Å². The van der Waals surface area contributed by atoms with Crippen LogP contribution in [0.15, 0.2) is 30.6 Å². The molecule has 2 aromatic rings. The van der Waals surface area contributed by atoms with Gasteiger partial charge in [-0.1, -0.05) is 12.1 Å². The number of rotatable bonds is 5. The summed E-state index contributed by atoms with van der Waals surface area (Å²) in [5.74, 6) is 0.827. The number of hydrogen-bond acceptors (Lipinski definition) is 3. The smallest absolute Gasteiger partial charge is 0.119 e. The third-order valence-electron chi connectivity index (χ3n) is 3.29. The minimum Gasteiger partial charge on any atom is -0.494 e. The first-order chi connectivity index (χ1) is 9.11. The Morgan fingerprint density at radius 1 is 1.26 bits per heavy atom. The van der Waals surface area contributed by atoms with Crippen LogP contribution in [-0.2, 0) is 6.54 Å². The third-order valence-corrected chi connectivity index (χ3v) is 3.29. The molecule has 1 N–H and O–H groups in total. The number of aliphatic hydroxyl groups excluding tert-OH is 1. The molecule has 1 atom stereocenters.